The molecular formula is C32H37N3O2S. The lowest BCUT2D eigenvalue weighted by Gasteiger charge is -2.17. The third-order valence-corrected chi connectivity index (χ3v) is 9.26. The van der Waals surface area contributed by atoms with Gasteiger partial charge in [-0.15, -0.1) is 11.3 Å². The van der Waals surface area contributed by atoms with Gasteiger partial charge in [-0.3, -0.25) is 9.80 Å². The van der Waals surface area contributed by atoms with E-state index in [0.717, 1.165) is 29.8 Å². The maximum Gasteiger partial charge on any atom is 0.213 e. The Morgan fingerprint density at radius 2 is 1.71 bits per heavy atom. The van der Waals surface area contributed by atoms with Gasteiger partial charge in [0.05, 0.1) is 0 Å². The lowest BCUT2D eigenvalue weighted by molar-refractivity contribution is 0.232. The van der Waals surface area contributed by atoms with E-state index < -0.39 is 0 Å². The summed E-state index contributed by atoms with van der Waals surface area (Å²) in [5.74, 6) is 0.983. The smallest absolute Gasteiger partial charge is 0.213 e. The number of aromatic hydroxyl groups is 1. The van der Waals surface area contributed by atoms with Gasteiger partial charge in [0.1, 0.15) is 12.4 Å². The van der Waals surface area contributed by atoms with E-state index in [4.69, 9.17) is 4.74 Å². The van der Waals surface area contributed by atoms with Crippen molar-refractivity contribution in [3.8, 4) is 22.1 Å². The average molecular weight is 528 g/mol. The molecule has 2 aliphatic rings. The standard InChI is InChI=1S/C32H37N3O2S/c1-23-18-24(6-7-26(23)22-35-14-4-5-15-35)19-29-28-10-9-27(36)20-30(28)38-32(29)25-8-11-31(33-21-25)37-17-16-34-12-2-3-13-34/h6-11,18,20-21,36H,2-5,12-17,19,22H2,1H3. The lowest BCUT2D eigenvalue weighted by atomic mass is 9.96. The van der Waals surface area contributed by atoms with Crippen LogP contribution in [0.5, 0.6) is 11.6 Å². The van der Waals surface area contributed by atoms with Crippen LogP contribution in [0.4, 0.5) is 0 Å². The normalized spacial score (nSPS) is 16.6. The molecule has 0 spiro atoms. The van der Waals surface area contributed by atoms with Crippen LogP contribution in [0.25, 0.3) is 20.5 Å². The maximum atomic E-state index is 10.1. The number of aromatic nitrogens is 1. The van der Waals surface area contributed by atoms with Crippen molar-refractivity contribution in [3.05, 3.63) is 77.0 Å². The quantitative estimate of drug-likeness (QED) is 0.264. The first-order valence-corrected chi connectivity index (χ1v) is 14.8. The minimum atomic E-state index is 0.304. The van der Waals surface area contributed by atoms with E-state index in [1.165, 1.54) is 84.4 Å². The van der Waals surface area contributed by atoms with Crippen molar-refractivity contribution in [1.29, 1.82) is 0 Å². The van der Waals surface area contributed by atoms with Gasteiger partial charge in [0, 0.05) is 40.5 Å². The van der Waals surface area contributed by atoms with Crippen LogP contribution in [-0.4, -0.2) is 59.2 Å². The molecule has 0 saturated carbocycles. The molecule has 198 valence electrons. The molecule has 4 aromatic rings. The number of nitrogens with zero attached hydrogens (tertiary/aromatic N) is 3. The van der Waals surface area contributed by atoms with Gasteiger partial charge in [0.2, 0.25) is 5.88 Å². The Balaban J connectivity index is 1.23. The van der Waals surface area contributed by atoms with Crippen molar-refractivity contribution in [1.82, 2.24) is 14.8 Å². The van der Waals surface area contributed by atoms with Gasteiger partial charge in [-0.25, -0.2) is 4.98 Å². The van der Waals surface area contributed by atoms with E-state index in [1.54, 1.807) is 17.4 Å². The summed E-state index contributed by atoms with van der Waals surface area (Å²) in [5.41, 5.74) is 6.50. The van der Waals surface area contributed by atoms with Gasteiger partial charge >= 0.3 is 0 Å². The highest BCUT2D eigenvalue weighted by Crippen LogP contribution is 2.41. The molecule has 0 amide bonds. The van der Waals surface area contributed by atoms with E-state index in [2.05, 4.69) is 52.0 Å². The number of phenolic OH excluding ortho intramolecular Hbond substituents is 1. The van der Waals surface area contributed by atoms with Crippen LogP contribution in [0.3, 0.4) is 0 Å². The van der Waals surface area contributed by atoms with Crippen molar-refractivity contribution in [3.63, 3.8) is 0 Å². The molecule has 1 N–H and O–H groups in total. The molecule has 4 heterocycles. The maximum absolute atomic E-state index is 10.1. The molecule has 2 aliphatic heterocycles. The summed E-state index contributed by atoms with van der Waals surface area (Å²) in [5, 5.41) is 11.3. The van der Waals surface area contributed by atoms with Gasteiger partial charge in [0.15, 0.2) is 0 Å². The zero-order valence-corrected chi connectivity index (χ0v) is 23.1. The number of phenols is 1. The average Bonchev–Trinajstić information content (AvgIpc) is 3.69. The second-order valence-electron chi connectivity index (χ2n) is 10.8. The minimum Gasteiger partial charge on any atom is -0.508 e. The molecule has 2 fully saturated rings. The van der Waals surface area contributed by atoms with E-state index >= 15 is 0 Å². The number of rotatable bonds is 9. The third kappa shape index (κ3) is 5.73. The Hall–Kier alpha value is -2.93. The Bertz CT molecular complexity index is 1390. The molecule has 0 atom stereocenters. The molecule has 0 aliphatic carbocycles. The lowest BCUT2D eigenvalue weighted by Crippen LogP contribution is -2.25. The number of pyridine rings is 1. The predicted octanol–water partition coefficient (Wildman–Crippen LogP) is 6.64. The van der Waals surface area contributed by atoms with E-state index in [9.17, 15) is 5.11 Å². The molecule has 6 rings (SSSR count). The minimum absolute atomic E-state index is 0.304. The van der Waals surface area contributed by atoms with Crippen LogP contribution in [0.1, 0.15) is 47.9 Å². The molecular weight excluding hydrogens is 490 g/mol. The number of thiophene rings is 1. The highest BCUT2D eigenvalue weighted by atomic mass is 32.1. The fourth-order valence-electron chi connectivity index (χ4n) is 5.86. The zero-order valence-electron chi connectivity index (χ0n) is 22.3. The largest absolute Gasteiger partial charge is 0.508 e. The van der Waals surface area contributed by atoms with Gasteiger partial charge in [-0.1, -0.05) is 18.2 Å². The second-order valence-corrected chi connectivity index (χ2v) is 11.8. The molecule has 0 radical (unpaired) electrons. The predicted molar refractivity (Wildman–Crippen MR) is 156 cm³/mol. The first kappa shape index (κ1) is 25.4. The van der Waals surface area contributed by atoms with Crippen molar-refractivity contribution in [2.45, 2.75) is 45.6 Å². The van der Waals surface area contributed by atoms with E-state index in [0.29, 0.717) is 18.2 Å². The first-order valence-electron chi connectivity index (χ1n) is 14.0. The second kappa shape index (κ2) is 11.4. The van der Waals surface area contributed by atoms with Crippen LogP contribution in [-0.2, 0) is 13.0 Å². The fourth-order valence-corrected chi connectivity index (χ4v) is 7.11. The Morgan fingerprint density at radius 1 is 0.921 bits per heavy atom. The first-order chi connectivity index (χ1) is 18.6. The van der Waals surface area contributed by atoms with Crippen molar-refractivity contribution < 1.29 is 9.84 Å². The number of fused-ring (bicyclic) bond motifs is 1. The highest BCUT2D eigenvalue weighted by Gasteiger charge is 2.17. The highest BCUT2D eigenvalue weighted by molar-refractivity contribution is 7.22. The molecule has 2 aromatic heterocycles. The molecule has 0 bridgehead atoms. The molecule has 2 aromatic carbocycles. The van der Waals surface area contributed by atoms with Gasteiger partial charge in [-0.2, -0.15) is 0 Å². The van der Waals surface area contributed by atoms with Crippen molar-refractivity contribution in [2.24, 2.45) is 0 Å². The Kier molecular flexibility index (Phi) is 7.63. The van der Waals surface area contributed by atoms with Crippen LogP contribution >= 0.6 is 11.3 Å². The van der Waals surface area contributed by atoms with Crippen LogP contribution in [0.2, 0.25) is 0 Å². The van der Waals surface area contributed by atoms with E-state index in [1.807, 2.05) is 18.3 Å². The summed E-state index contributed by atoms with van der Waals surface area (Å²) in [7, 11) is 0. The van der Waals surface area contributed by atoms with Gasteiger partial charge in [0.25, 0.3) is 0 Å². The Morgan fingerprint density at radius 3 is 2.45 bits per heavy atom. The van der Waals surface area contributed by atoms with Crippen LogP contribution in [0, 0.1) is 6.92 Å². The molecule has 0 unspecified atom stereocenters. The van der Waals surface area contributed by atoms with Crippen LogP contribution < -0.4 is 4.74 Å². The summed E-state index contributed by atoms with van der Waals surface area (Å²) in [6.45, 7) is 9.73. The zero-order chi connectivity index (χ0) is 25.9. The third-order valence-electron chi connectivity index (χ3n) is 8.01. The number of likely N-dealkylation sites (tertiary alicyclic amines) is 2. The summed E-state index contributed by atoms with van der Waals surface area (Å²) < 4.78 is 7.05. The number of benzene rings is 2. The van der Waals surface area contributed by atoms with Gasteiger partial charge < -0.3 is 9.84 Å². The molecule has 2 saturated heterocycles. The number of aryl methyl sites for hydroxylation is 1. The number of hydrogen-bond acceptors (Lipinski definition) is 6. The number of hydrogen-bond donors (Lipinski definition) is 1. The topological polar surface area (TPSA) is 48.8 Å². The SMILES string of the molecule is Cc1cc(Cc2c(-c3ccc(OCCN4CCCC4)nc3)sc3cc(O)ccc23)ccc1CN1CCCC1. The molecule has 5 nitrogen and oxygen atoms in total. The summed E-state index contributed by atoms with van der Waals surface area (Å²) >= 11 is 1.73. The summed E-state index contributed by atoms with van der Waals surface area (Å²) in [6.07, 6.45) is 8.01. The summed E-state index contributed by atoms with van der Waals surface area (Å²) in [6, 6.07) is 16.8. The number of ether oxygens (including phenoxy) is 1. The van der Waals surface area contributed by atoms with E-state index in [-0.39, 0.29) is 0 Å². The summed E-state index contributed by atoms with van der Waals surface area (Å²) in [4.78, 5) is 10.9. The fraction of sp³-hybridized carbons (Fsp3) is 0.406. The molecule has 6 heteroatoms. The van der Waals surface area contributed by atoms with Crippen molar-refractivity contribution in [2.75, 3.05) is 39.3 Å². The van der Waals surface area contributed by atoms with Gasteiger partial charge in [-0.05, 0) is 117 Å². The van der Waals surface area contributed by atoms with Crippen molar-refractivity contribution >= 4 is 21.4 Å². The Labute approximate surface area is 229 Å². The van der Waals surface area contributed by atoms with Crippen LogP contribution in [0.15, 0.2) is 54.7 Å². The molecule has 38 heavy (non-hydrogen) atoms. The monoisotopic (exact) mass is 527 g/mol.